The molecular weight excluding hydrogens is 443 g/mol. The highest BCUT2D eigenvalue weighted by Gasteiger charge is 2.10. The second-order valence-corrected chi connectivity index (χ2v) is 6.81. The van der Waals surface area contributed by atoms with Crippen LogP contribution in [0, 0.1) is 13.8 Å². The topological polar surface area (TPSA) is 49.3 Å². The lowest BCUT2D eigenvalue weighted by Crippen LogP contribution is -2.38. The van der Waals surface area contributed by atoms with Crippen LogP contribution in [0.25, 0.3) is 0 Å². The molecule has 0 saturated heterocycles. The van der Waals surface area contributed by atoms with Gasteiger partial charge in [0.15, 0.2) is 5.96 Å². The van der Waals surface area contributed by atoms with Crippen molar-refractivity contribution in [3.63, 3.8) is 0 Å². The molecule has 1 atom stereocenters. The Kier molecular flexibility index (Phi) is 8.28. The number of benzene rings is 1. The molecule has 7 heteroatoms. The van der Waals surface area contributed by atoms with Gasteiger partial charge >= 0.3 is 0 Å². The summed E-state index contributed by atoms with van der Waals surface area (Å²) in [5.74, 6) is 0.762. The van der Waals surface area contributed by atoms with Gasteiger partial charge in [0.25, 0.3) is 0 Å². The number of aryl methyl sites for hydroxylation is 2. The summed E-state index contributed by atoms with van der Waals surface area (Å²) in [6, 6.07) is 7.96. The molecule has 1 heterocycles. The predicted molar refractivity (Wildman–Crippen MR) is 110 cm³/mol. The Morgan fingerprint density at radius 1 is 1.39 bits per heavy atom. The summed E-state index contributed by atoms with van der Waals surface area (Å²) < 4.78 is 0. The minimum Gasteiger partial charge on any atom is -0.351 e. The lowest BCUT2D eigenvalue weighted by molar-refractivity contribution is 0.686. The van der Waals surface area contributed by atoms with E-state index in [1.54, 1.807) is 18.4 Å². The Labute approximate surface area is 163 Å². The maximum atomic E-state index is 6.04. The van der Waals surface area contributed by atoms with E-state index >= 15 is 0 Å². The summed E-state index contributed by atoms with van der Waals surface area (Å²) in [5.41, 5.74) is 2.20. The average molecular weight is 465 g/mol. The number of hydrogen-bond acceptors (Lipinski definition) is 3. The van der Waals surface area contributed by atoms with Crippen molar-refractivity contribution >= 4 is 52.9 Å². The summed E-state index contributed by atoms with van der Waals surface area (Å²) in [4.78, 5) is 9.94. The number of thiazole rings is 1. The van der Waals surface area contributed by atoms with Gasteiger partial charge in [0, 0.05) is 16.9 Å². The molecule has 0 spiro atoms. The summed E-state index contributed by atoms with van der Waals surface area (Å²) in [5, 5.41) is 8.53. The third-order valence-corrected chi connectivity index (χ3v) is 4.65. The first-order valence-corrected chi connectivity index (χ1v) is 8.34. The molecule has 23 heavy (non-hydrogen) atoms. The van der Waals surface area contributed by atoms with Crippen molar-refractivity contribution in [2.75, 3.05) is 7.05 Å². The van der Waals surface area contributed by atoms with Gasteiger partial charge in [0.1, 0.15) is 0 Å². The van der Waals surface area contributed by atoms with Crippen LogP contribution in [0.5, 0.6) is 0 Å². The standard InChI is InChI=1S/C16H21ClN4S.HI/c1-10(13-6-5-7-14(17)8-13)21-16(18-4)19-9-15-11(2)20-12(3)22-15;/h5-8,10H,9H2,1-4H3,(H2,18,19,21);1H. The fourth-order valence-electron chi connectivity index (χ4n) is 2.16. The molecular formula is C16H22ClIN4S. The van der Waals surface area contributed by atoms with Crippen LogP contribution >= 0.6 is 46.9 Å². The number of halogens is 2. The predicted octanol–water partition coefficient (Wildman–Crippen LogP) is 4.46. The van der Waals surface area contributed by atoms with Gasteiger partial charge in [-0.2, -0.15) is 0 Å². The second kappa shape index (κ2) is 9.44. The largest absolute Gasteiger partial charge is 0.351 e. The molecule has 4 nitrogen and oxygen atoms in total. The zero-order chi connectivity index (χ0) is 16.1. The van der Waals surface area contributed by atoms with E-state index in [1.165, 1.54) is 4.88 Å². The van der Waals surface area contributed by atoms with Crippen LogP contribution in [0.1, 0.15) is 34.1 Å². The Balaban J connectivity index is 0.00000264. The minimum atomic E-state index is 0. The van der Waals surface area contributed by atoms with Crippen LogP contribution in [0.4, 0.5) is 0 Å². The third-order valence-electron chi connectivity index (χ3n) is 3.34. The van der Waals surface area contributed by atoms with Gasteiger partial charge in [-0.15, -0.1) is 35.3 Å². The lowest BCUT2D eigenvalue weighted by Gasteiger charge is -2.18. The van der Waals surface area contributed by atoms with E-state index in [4.69, 9.17) is 11.6 Å². The zero-order valence-corrected chi connectivity index (χ0v) is 17.6. The monoisotopic (exact) mass is 464 g/mol. The Hall–Kier alpha value is -0.860. The quantitative estimate of drug-likeness (QED) is 0.399. The average Bonchev–Trinajstić information content (AvgIpc) is 2.81. The van der Waals surface area contributed by atoms with E-state index < -0.39 is 0 Å². The van der Waals surface area contributed by atoms with E-state index in [2.05, 4.69) is 27.5 Å². The Morgan fingerprint density at radius 2 is 2.13 bits per heavy atom. The summed E-state index contributed by atoms with van der Waals surface area (Å²) >= 11 is 7.75. The molecule has 1 aromatic carbocycles. The maximum absolute atomic E-state index is 6.04. The van der Waals surface area contributed by atoms with Gasteiger partial charge in [-0.1, -0.05) is 23.7 Å². The van der Waals surface area contributed by atoms with Crippen molar-refractivity contribution in [2.45, 2.75) is 33.4 Å². The van der Waals surface area contributed by atoms with Crippen molar-refractivity contribution < 1.29 is 0 Å². The molecule has 126 valence electrons. The molecule has 0 aliphatic rings. The van der Waals surface area contributed by atoms with Crippen molar-refractivity contribution in [1.82, 2.24) is 15.6 Å². The van der Waals surface area contributed by atoms with E-state index in [1.807, 2.05) is 38.1 Å². The second-order valence-electron chi connectivity index (χ2n) is 5.09. The van der Waals surface area contributed by atoms with E-state index in [-0.39, 0.29) is 30.0 Å². The summed E-state index contributed by atoms with van der Waals surface area (Å²) in [7, 11) is 1.77. The van der Waals surface area contributed by atoms with Gasteiger partial charge < -0.3 is 10.6 Å². The van der Waals surface area contributed by atoms with Crippen LogP contribution in [0.15, 0.2) is 29.3 Å². The molecule has 0 fully saturated rings. The molecule has 1 aromatic heterocycles. The molecule has 2 rings (SSSR count). The number of hydrogen-bond donors (Lipinski definition) is 2. The number of aromatic nitrogens is 1. The first-order valence-electron chi connectivity index (χ1n) is 7.15. The lowest BCUT2D eigenvalue weighted by atomic mass is 10.1. The zero-order valence-electron chi connectivity index (χ0n) is 13.7. The Bertz CT molecular complexity index is 672. The first kappa shape index (κ1) is 20.2. The van der Waals surface area contributed by atoms with Gasteiger partial charge in [-0.3, -0.25) is 4.99 Å². The highest BCUT2D eigenvalue weighted by Crippen LogP contribution is 2.18. The van der Waals surface area contributed by atoms with E-state index in [0.29, 0.717) is 0 Å². The van der Waals surface area contributed by atoms with Gasteiger partial charge in [0.2, 0.25) is 0 Å². The fraction of sp³-hybridized carbons (Fsp3) is 0.375. The first-order chi connectivity index (χ1) is 10.5. The number of rotatable bonds is 4. The number of nitrogens with one attached hydrogen (secondary N) is 2. The van der Waals surface area contributed by atoms with Crippen LogP contribution in [0.3, 0.4) is 0 Å². The SMILES string of the molecule is CN=C(NCc1sc(C)nc1C)NC(C)c1cccc(Cl)c1.I. The normalized spacial score (nSPS) is 12.5. The van der Waals surface area contributed by atoms with E-state index in [0.717, 1.165) is 33.8 Å². The van der Waals surface area contributed by atoms with Crippen LogP contribution in [-0.4, -0.2) is 18.0 Å². The van der Waals surface area contributed by atoms with Crippen LogP contribution in [0.2, 0.25) is 5.02 Å². The molecule has 2 N–H and O–H groups in total. The minimum absolute atomic E-state index is 0. The number of nitrogens with zero attached hydrogens (tertiary/aromatic N) is 2. The van der Waals surface area contributed by atoms with Gasteiger partial charge in [0.05, 0.1) is 23.3 Å². The van der Waals surface area contributed by atoms with Crippen LogP contribution < -0.4 is 10.6 Å². The van der Waals surface area contributed by atoms with Crippen molar-refractivity contribution in [2.24, 2.45) is 4.99 Å². The summed E-state index contributed by atoms with van der Waals surface area (Å²) in [6.07, 6.45) is 0. The molecule has 0 radical (unpaired) electrons. The molecule has 0 aliphatic heterocycles. The van der Waals surface area contributed by atoms with E-state index in [9.17, 15) is 0 Å². The maximum Gasteiger partial charge on any atom is 0.191 e. The number of guanidine groups is 1. The molecule has 1 unspecified atom stereocenters. The molecule has 0 amide bonds. The number of aliphatic imine (C=N–C) groups is 1. The molecule has 0 saturated carbocycles. The third kappa shape index (κ3) is 5.93. The fourth-order valence-corrected chi connectivity index (χ4v) is 3.24. The Morgan fingerprint density at radius 3 is 2.70 bits per heavy atom. The van der Waals surface area contributed by atoms with Crippen molar-refractivity contribution in [1.29, 1.82) is 0 Å². The highest BCUT2D eigenvalue weighted by atomic mass is 127. The molecule has 0 bridgehead atoms. The van der Waals surface area contributed by atoms with Crippen LogP contribution in [-0.2, 0) is 6.54 Å². The van der Waals surface area contributed by atoms with Gasteiger partial charge in [-0.25, -0.2) is 4.98 Å². The summed E-state index contributed by atoms with van der Waals surface area (Å²) in [6.45, 7) is 6.86. The van der Waals surface area contributed by atoms with Crippen molar-refractivity contribution in [3.05, 3.63) is 50.4 Å². The van der Waals surface area contributed by atoms with Crippen molar-refractivity contribution in [3.8, 4) is 0 Å². The van der Waals surface area contributed by atoms with Gasteiger partial charge in [-0.05, 0) is 38.5 Å². The highest BCUT2D eigenvalue weighted by molar-refractivity contribution is 14.0. The smallest absolute Gasteiger partial charge is 0.191 e. The molecule has 0 aliphatic carbocycles. The molecule has 2 aromatic rings.